The number of nitrogens with one attached hydrogen (secondary N) is 1. The van der Waals surface area contributed by atoms with Crippen LogP contribution in [-0.4, -0.2) is 23.7 Å². The Morgan fingerprint density at radius 3 is 2.68 bits per heavy atom. The minimum Gasteiger partial charge on any atom is -0.481 e. The topological polar surface area (TPSA) is 49.3 Å². The fraction of sp³-hybridized carbons (Fsp3) is 0.500. The van der Waals surface area contributed by atoms with E-state index in [0.717, 1.165) is 31.5 Å². The molecule has 0 aromatic heterocycles. The minimum atomic E-state index is -0.906. The number of unbranched alkanes of at least 4 members (excludes halogenated alkanes) is 1. The van der Waals surface area contributed by atoms with Crippen molar-refractivity contribution in [3.63, 3.8) is 0 Å². The van der Waals surface area contributed by atoms with Gasteiger partial charge in [0.05, 0.1) is 6.42 Å². The first-order chi connectivity index (χ1) is 9.02. The molecule has 1 aromatic rings. The SMILES string of the molecule is CCCCNC(CC(=O)O)Cc1ccc(F)c(F)c1. The summed E-state index contributed by atoms with van der Waals surface area (Å²) in [7, 11) is 0. The van der Waals surface area contributed by atoms with E-state index < -0.39 is 17.6 Å². The molecule has 1 atom stereocenters. The Hall–Kier alpha value is -1.49. The van der Waals surface area contributed by atoms with Crippen LogP contribution in [0.2, 0.25) is 0 Å². The van der Waals surface area contributed by atoms with E-state index >= 15 is 0 Å². The van der Waals surface area contributed by atoms with E-state index in [0.29, 0.717) is 12.0 Å². The summed E-state index contributed by atoms with van der Waals surface area (Å²) < 4.78 is 25.9. The third kappa shape index (κ3) is 5.79. The molecule has 0 aliphatic heterocycles. The molecule has 0 aliphatic rings. The van der Waals surface area contributed by atoms with Crippen molar-refractivity contribution in [2.75, 3.05) is 6.54 Å². The van der Waals surface area contributed by atoms with Gasteiger partial charge in [0.25, 0.3) is 0 Å². The molecule has 2 N–H and O–H groups in total. The summed E-state index contributed by atoms with van der Waals surface area (Å²) in [6.45, 7) is 2.77. The lowest BCUT2D eigenvalue weighted by molar-refractivity contribution is -0.137. The molecule has 0 spiro atoms. The highest BCUT2D eigenvalue weighted by atomic mass is 19.2. The lowest BCUT2D eigenvalue weighted by atomic mass is 10.0. The Morgan fingerprint density at radius 2 is 2.11 bits per heavy atom. The summed E-state index contributed by atoms with van der Waals surface area (Å²) in [5.74, 6) is -2.70. The van der Waals surface area contributed by atoms with Crippen LogP contribution in [0.15, 0.2) is 18.2 Å². The smallest absolute Gasteiger partial charge is 0.304 e. The van der Waals surface area contributed by atoms with Crippen LogP contribution in [0.5, 0.6) is 0 Å². The molecule has 0 heterocycles. The van der Waals surface area contributed by atoms with Crippen LogP contribution in [0.1, 0.15) is 31.7 Å². The zero-order valence-electron chi connectivity index (χ0n) is 11.0. The molecule has 5 heteroatoms. The summed E-state index contributed by atoms with van der Waals surface area (Å²) >= 11 is 0. The van der Waals surface area contributed by atoms with Crippen LogP contribution >= 0.6 is 0 Å². The van der Waals surface area contributed by atoms with Crippen molar-refractivity contribution < 1.29 is 18.7 Å². The molecule has 0 saturated carbocycles. The number of carboxylic acid groups (broad SMARTS) is 1. The lowest BCUT2D eigenvalue weighted by Crippen LogP contribution is -2.34. The van der Waals surface area contributed by atoms with Crippen molar-refractivity contribution in [2.45, 2.75) is 38.6 Å². The van der Waals surface area contributed by atoms with Gasteiger partial charge < -0.3 is 10.4 Å². The maximum atomic E-state index is 13.1. The third-order valence-corrected chi connectivity index (χ3v) is 2.85. The fourth-order valence-corrected chi connectivity index (χ4v) is 1.86. The fourth-order valence-electron chi connectivity index (χ4n) is 1.86. The van der Waals surface area contributed by atoms with E-state index in [1.165, 1.54) is 6.07 Å². The van der Waals surface area contributed by atoms with Crippen LogP contribution in [-0.2, 0) is 11.2 Å². The van der Waals surface area contributed by atoms with Crippen molar-refractivity contribution in [1.29, 1.82) is 0 Å². The molecule has 19 heavy (non-hydrogen) atoms. The molecule has 0 amide bonds. The molecule has 3 nitrogen and oxygen atoms in total. The summed E-state index contributed by atoms with van der Waals surface area (Å²) in [5.41, 5.74) is 0.592. The number of carboxylic acids is 1. The lowest BCUT2D eigenvalue weighted by Gasteiger charge is -2.17. The van der Waals surface area contributed by atoms with Gasteiger partial charge in [0.1, 0.15) is 0 Å². The number of halogens is 2. The zero-order valence-corrected chi connectivity index (χ0v) is 11.0. The van der Waals surface area contributed by atoms with Gasteiger partial charge in [-0.15, -0.1) is 0 Å². The molecule has 0 radical (unpaired) electrons. The van der Waals surface area contributed by atoms with Gasteiger partial charge in [0.2, 0.25) is 0 Å². The summed E-state index contributed by atoms with van der Waals surface area (Å²) in [5, 5.41) is 12.0. The molecule has 0 fully saturated rings. The molecule has 1 unspecified atom stereocenters. The Morgan fingerprint density at radius 1 is 1.37 bits per heavy atom. The molecule has 1 aromatic carbocycles. The number of rotatable bonds is 8. The van der Waals surface area contributed by atoms with Crippen molar-refractivity contribution in [3.05, 3.63) is 35.4 Å². The van der Waals surface area contributed by atoms with Crippen LogP contribution < -0.4 is 5.32 Å². The second-order valence-corrected chi connectivity index (χ2v) is 4.56. The Balaban J connectivity index is 2.63. The van der Waals surface area contributed by atoms with E-state index in [1.807, 2.05) is 6.92 Å². The first-order valence-electron chi connectivity index (χ1n) is 6.42. The van der Waals surface area contributed by atoms with E-state index in [-0.39, 0.29) is 12.5 Å². The number of benzene rings is 1. The number of hydrogen-bond donors (Lipinski definition) is 2. The van der Waals surface area contributed by atoms with E-state index in [2.05, 4.69) is 5.32 Å². The first kappa shape index (κ1) is 15.6. The van der Waals surface area contributed by atoms with Crippen molar-refractivity contribution in [2.24, 2.45) is 0 Å². The molecular weight excluding hydrogens is 252 g/mol. The maximum Gasteiger partial charge on any atom is 0.304 e. The van der Waals surface area contributed by atoms with Gasteiger partial charge in [-0.2, -0.15) is 0 Å². The molecular formula is C14H19F2NO2. The molecule has 0 aliphatic carbocycles. The highest BCUT2D eigenvalue weighted by Gasteiger charge is 2.14. The Kier molecular flexibility index (Phi) is 6.42. The van der Waals surface area contributed by atoms with Crippen molar-refractivity contribution in [3.8, 4) is 0 Å². The quantitative estimate of drug-likeness (QED) is 0.715. The third-order valence-electron chi connectivity index (χ3n) is 2.85. The van der Waals surface area contributed by atoms with E-state index in [9.17, 15) is 13.6 Å². The molecule has 0 saturated heterocycles. The Labute approximate surface area is 111 Å². The predicted octanol–water partition coefficient (Wildman–Crippen LogP) is 2.74. The van der Waals surface area contributed by atoms with E-state index in [1.54, 1.807) is 0 Å². The standard InChI is InChI=1S/C14H19F2NO2/c1-2-3-6-17-11(9-14(18)19)7-10-4-5-12(15)13(16)8-10/h4-5,8,11,17H,2-3,6-7,9H2,1H3,(H,18,19). The minimum absolute atomic E-state index is 0.0390. The highest BCUT2D eigenvalue weighted by molar-refractivity contribution is 5.67. The van der Waals surface area contributed by atoms with Gasteiger partial charge in [0, 0.05) is 6.04 Å². The van der Waals surface area contributed by atoms with Crippen LogP contribution in [0, 0.1) is 11.6 Å². The Bertz CT molecular complexity index is 424. The zero-order chi connectivity index (χ0) is 14.3. The first-order valence-corrected chi connectivity index (χ1v) is 6.42. The molecule has 0 bridgehead atoms. The monoisotopic (exact) mass is 271 g/mol. The predicted molar refractivity (Wildman–Crippen MR) is 69.0 cm³/mol. The normalized spacial score (nSPS) is 12.4. The second kappa shape index (κ2) is 7.84. The van der Waals surface area contributed by atoms with Crippen molar-refractivity contribution in [1.82, 2.24) is 5.32 Å². The average molecular weight is 271 g/mol. The van der Waals surface area contributed by atoms with Gasteiger partial charge in [-0.1, -0.05) is 19.4 Å². The van der Waals surface area contributed by atoms with Crippen LogP contribution in [0.25, 0.3) is 0 Å². The molecule has 1 rings (SSSR count). The average Bonchev–Trinajstić information content (AvgIpc) is 2.33. The number of carbonyl (C=O) groups is 1. The van der Waals surface area contributed by atoms with Gasteiger partial charge >= 0.3 is 5.97 Å². The van der Waals surface area contributed by atoms with E-state index in [4.69, 9.17) is 5.11 Å². The summed E-state index contributed by atoms with van der Waals surface area (Å²) in [6, 6.07) is 3.39. The second-order valence-electron chi connectivity index (χ2n) is 4.56. The van der Waals surface area contributed by atoms with Crippen LogP contribution in [0.4, 0.5) is 8.78 Å². The highest BCUT2D eigenvalue weighted by Crippen LogP contribution is 2.12. The van der Waals surface area contributed by atoms with Gasteiger partial charge in [-0.25, -0.2) is 8.78 Å². The van der Waals surface area contributed by atoms with Gasteiger partial charge in [-0.3, -0.25) is 4.79 Å². The number of hydrogen-bond acceptors (Lipinski definition) is 2. The maximum absolute atomic E-state index is 13.1. The number of aliphatic carboxylic acids is 1. The molecule has 106 valence electrons. The van der Waals surface area contributed by atoms with Gasteiger partial charge in [0.15, 0.2) is 11.6 Å². The summed E-state index contributed by atoms with van der Waals surface area (Å²) in [6.07, 6.45) is 2.29. The van der Waals surface area contributed by atoms with Crippen LogP contribution in [0.3, 0.4) is 0 Å². The largest absolute Gasteiger partial charge is 0.481 e. The van der Waals surface area contributed by atoms with Crippen molar-refractivity contribution >= 4 is 5.97 Å². The summed E-state index contributed by atoms with van der Waals surface area (Å²) in [4.78, 5) is 10.8. The van der Waals surface area contributed by atoms with Gasteiger partial charge in [-0.05, 0) is 37.1 Å².